The van der Waals surface area contributed by atoms with Crippen molar-refractivity contribution in [2.24, 2.45) is 5.92 Å². The van der Waals surface area contributed by atoms with Gasteiger partial charge in [0.05, 0.1) is 6.26 Å². The maximum atomic E-state index is 12.5. The first-order valence-electron chi connectivity index (χ1n) is 9.80. The molecule has 1 amide bonds. The topological polar surface area (TPSA) is 110 Å². The van der Waals surface area contributed by atoms with Crippen LogP contribution in [0.25, 0.3) is 0 Å². The van der Waals surface area contributed by atoms with Crippen LogP contribution in [0, 0.1) is 12.8 Å². The molecule has 2 fully saturated rings. The lowest BCUT2D eigenvalue weighted by Crippen LogP contribution is -2.51. The van der Waals surface area contributed by atoms with Gasteiger partial charge in [0, 0.05) is 50.1 Å². The molecule has 0 bridgehead atoms. The zero-order valence-corrected chi connectivity index (χ0v) is 17.4. The number of carbonyl (C=O) groups is 1. The van der Waals surface area contributed by atoms with Crippen molar-refractivity contribution in [1.82, 2.24) is 24.3 Å². The first-order chi connectivity index (χ1) is 13.8. The molecule has 4 rings (SSSR count). The highest BCUT2D eigenvalue weighted by Gasteiger charge is 2.34. The molecule has 0 unspecified atom stereocenters. The Balaban J connectivity index is 1.27. The summed E-state index contributed by atoms with van der Waals surface area (Å²) in [5.74, 6) is 1.61. The summed E-state index contributed by atoms with van der Waals surface area (Å²) < 4.78 is 30.1. The Hall–Kier alpha value is -2.33. The van der Waals surface area contributed by atoms with Gasteiger partial charge in [-0.25, -0.2) is 17.7 Å². The van der Waals surface area contributed by atoms with Gasteiger partial charge in [-0.1, -0.05) is 11.2 Å². The predicted molar refractivity (Wildman–Crippen MR) is 105 cm³/mol. The van der Waals surface area contributed by atoms with E-state index in [1.54, 1.807) is 11.0 Å². The highest BCUT2D eigenvalue weighted by atomic mass is 32.2. The molecule has 9 nitrogen and oxygen atoms in total. The van der Waals surface area contributed by atoms with E-state index >= 15 is 0 Å². The fourth-order valence-electron chi connectivity index (χ4n) is 3.90. The van der Waals surface area contributed by atoms with Gasteiger partial charge >= 0.3 is 0 Å². The average Bonchev–Trinajstić information content (AvgIpc) is 3.12. The minimum absolute atomic E-state index is 0.0474. The summed E-state index contributed by atoms with van der Waals surface area (Å²) in [6, 6.07) is 5.45. The van der Waals surface area contributed by atoms with Crippen LogP contribution in [-0.4, -0.2) is 71.1 Å². The van der Waals surface area contributed by atoms with E-state index in [0.717, 1.165) is 5.69 Å². The number of sulfonamides is 1. The van der Waals surface area contributed by atoms with Crippen LogP contribution in [0.4, 0.5) is 0 Å². The van der Waals surface area contributed by atoms with E-state index in [-0.39, 0.29) is 11.8 Å². The van der Waals surface area contributed by atoms with Gasteiger partial charge in [0.25, 0.3) is 5.91 Å². The monoisotopic (exact) mass is 419 g/mol. The summed E-state index contributed by atoms with van der Waals surface area (Å²) in [5, 5.41) is 4.11. The standard InChI is InChI=1S/C19H25N5O4S/c1-13-4-3-5-16(20-13)19(25)23-11-14(12-23)10-17-21-18(22-28-17)15-6-8-24(9-7-15)29(2,26)27/h3-5,14-15H,6-12H2,1-2H3. The Kier molecular flexibility index (Phi) is 5.39. The summed E-state index contributed by atoms with van der Waals surface area (Å²) in [7, 11) is -3.14. The van der Waals surface area contributed by atoms with Gasteiger partial charge in [0.15, 0.2) is 5.82 Å². The lowest BCUT2D eigenvalue weighted by molar-refractivity contribution is 0.0480. The van der Waals surface area contributed by atoms with Crippen molar-refractivity contribution in [2.75, 3.05) is 32.4 Å². The zero-order chi connectivity index (χ0) is 20.6. The number of aromatic nitrogens is 3. The van der Waals surface area contributed by atoms with Gasteiger partial charge in [0.1, 0.15) is 5.69 Å². The molecule has 0 aliphatic carbocycles. The van der Waals surface area contributed by atoms with E-state index in [0.29, 0.717) is 68.8 Å². The van der Waals surface area contributed by atoms with Crippen molar-refractivity contribution in [3.63, 3.8) is 0 Å². The van der Waals surface area contributed by atoms with Crippen molar-refractivity contribution < 1.29 is 17.7 Å². The fourth-order valence-corrected chi connectivity index (χ4v) is 4.77. The SMILES string of the molecule is Cc1cccc(C(=O)N2CC(Cc3nc(C4CCN(S(C)(=O)=O)CC4)no3)C2)n1. The number of nitrogens with zero attached hydrogens (tertiary/aromatic N) is 5. The van der Waals surface area contributed by atoms with Crippen LogP contribution in [0.5, 0.6) is 0 Å². The quantitative estimate of drug-likeness (QED) is 0.717. The molecular formula is C19H25N5O4S. The Morgan fingerprint density at radius 1 is 1.21 bits per heavy atom. The van der Waals surface area contributed by atoms with Gasteiger partial charge in [-0.15, -0.1) is 0 Å². The van der Waals surface area contributed by atoms with Crippen molar-refractivity contribution >= 4 is 15.9 Å². The van der Waals surface area contributed by atoms with E-state index in [4.69, 9.17) is 4.52 Å². The number of likely N-dealkylation sites (tertiary alicyclic amines) is 1. The molecule has 0 radical (unpaired) electrons. The second-order valence-corrected chi connectivity index (χ2v) is 9.91. The van der Waals surface area contributed by atoms with Gasteiger partial charge < -0.3 is 9.42 Å². The lowest BCUT2D eigenvalue weighted by Gasteiger charge is -2.38. The van der Waals surface area contributed by atoms with Crippen LogP contribution in [0.3, 0.4) is 0 Å². The number of rotatable bonds is 5. The smallest absolute Gasteiger partial charge is 0.272 e. The molecule has 0 aromatic carbocycles. The van der Waals surface area contributed by atoms with Crippen LogP contribution in [0.2, 0.25) is 0 Å². The van der Waals surface area contributed by atoms with Crippen molar-refractivity contribution in [3.8, 4) is 0 Å². The molecule has 29 heavy (non-hydrogen) atoms. The number of amides is 1. The molecular weight excluding hydrogens is 394 g/mol. The minimum atomic E-state index is -3.14. The Bertz CT molecular complexity index is 992. The fraction of sp³-hybridized carbons (Fsp3) is 0.579. The highest BCUT2D eigenvalue weighted by Crippen LogP contribution is 2.28. The van der Waals surface area contributed by atoms with Crippen LogP contribution in [-0.2, 0) is 16.4 Å². The molecule has 0 spiro atoms. The van der Waals surface area contributed by atoms with Gasteiger partial charge in [-0.2, -0.15) is 4.98 Å². The molecule has 0 saturated carbocycles. The third-order valence-electron chi connectivity index (χ3n) is 5.59. The normalized spacial score (nSPS) is 19.3. The summed E-state index contributed by atoms with van der Waals surface area (Å²) in [6.45, 7) is 4.14. The summed E-state index contributed by atoms with van der Waals surface area (Å²) in [6.07, 6.45) is 3.27. The first kappa shape index (κ1) is 20.0. The van der Waals surface area contributed by atoms with Crippen molar-refractivity contribution in [3.05, 3.63) is 41.3 Å². The minimum Gasteiger partial charge on any atom is -0.339 e. The van der Waals surface area contributed by atoms with Gasteiger partial charge in [-0.3, -0.25) is 4.79 Å². The average molecular weight is 420 g/mol. The third kappa shape index (κ3) is 4.48. The molecule has 4 heterocycles. The molecule has 2 aliphatic heterocycles. The maximum absolute atomic E-state index is 12.5. The van der Waals surface area contributed by atoms with E-state index in [1.165, 1.54) is 10.6 Å². The van der Waals surface area contributed by atoms with Crippen molar-refractivity contribution in [2.45, 2.75) is 32.1 Å². The second-order valence-electron chi connectivity index (χ2n) is 7.93. The summed E-state index contributed by atoms with van der Waals surface area (Å²) in [4.78, 5) is 23.0. The van der Waals surface area contributed by atoms with E-state index in [1.807, 2.05) is 19.1 Å². The Labute approximate surface area is 170 Å². The Morgan fingerprint density at radius 2 is 1.93 bits per heavy atom. The highest BCUT2D eigenvalue weighted by molar-refractivity contribution is 7.88. The number of aryl methyl sites for hydroxylation is 1. The van der Waals surface area contributed by atoms with E-state index in [9.17, 15) is 13.2 Å². The van der Waals surface area contributed by atoms with Crippen LogP contribution in [0.1, 0.15) is 46.7 Å². The molecule has 2 saturated heterocycles. The molecule has 10 heteroatoms. The largest absolute Gasteiger partial charge is 0.339 e. The van der Waals surface area contributed by atoms with Crippen LogP contribution < -0.4 is 0 Å². The number of pyridine rings is 1. The van der Waals surface area contributed by atoms with Crippen LogP contribution in [0.15, 0.2) is 22.7 Å². The number of piperidine rings is 1. The zero-order valence-electron chi connectivity index (χ0n) is 16.6. The van der Waals surface area contributed by atoms with E-state index < -0.39 is 10.0 Å². The van der Waals surface area contributed by atoms with Crippen LogP contribution >= 0.6 is 0 Å². The molecule has 2 aromatic heterocycles. The maximum Gasteiger partial charge on any atom is 0.272 e. The van der Waals surface area contributed by atoms with E-state index in [2.05, 4.69) is 15.1 Å². The molecule has 0 atom stereocenters. The van der Waals surface area contributed by atoms with Gasteiger partial charge in [-0.05, 0) is 31.9 Å². The number of carbonyl (C=O) groups excluding carboxylic acids is 1. The molecule has 156 valence electrons. The molecule has 2 aromatic rings. The second kappa shape index (κ2) is 7.83. The van der Waals surface area contributed by atoms with Crippen molar-refractivity contribution in [1.29, 1.82) is 0 Å². The predicted octanol–water partition coefficient (Wildman–Crippen LogP) is 1.23. The summed E-state index contributed by atoms with van der Waals surface area (Å²) >= 11 is 0. The van der Waals surface area contributed by atoms with Gasteiger partial charge in [0.2, 0.25) is 15.9 Å². The lowest BCUT2D eigenvalue weighted by atomic mass is 9.95. The summed E-state index contributed by atoms with van der Waals surface area (Å²) in [5.41, 5.74) is 1.30. The first-order valence-corrected chi connectivity index (χ1v) is 11.6. The number of hydrogen-bond donors (Lipinski definition) is 0. The Morgan fingerprint density at radius 3 is 2.59 bits per heavy atom. The molecule has 2 aliphatic rings. The number of hydrogen-bond acceptors (Lipinski definition) is 7. The third-order valence-corrected chi connectivity index (χ3v) is 6.89. The molecule has 0 N–H and O–H groups in total.